The summed E-state index contributed by atoms with van der Waals surface area (Å²) in [6.45, 7) is 12.9. The summed E-state index contributed by atoms with van der Waals surface area (Å²) in [4.78, 5) is 39.4. The average molecular weight is 833 g/mol. The van der Waals surface area contributed by atoms with Crippen molar-refractivity contribution >= 4 is 17.8 Å². The first-order valence-corrected chi connectivity index (χ1v) is 25.5. The van der Waals surface area contributed by atoms with Crippen molar-refractivity contribution in [1.82, 2.24) is 15.1 Å². The summed E-state index contributed by atoms with van der Waals surface area (Å²) in [5.74, 6) is 0.736. The first-order chi connectivity index (χ1) is 28.9. The molecule has 0 spiro atoms. The van der Waals surface area contributed by atoms with Gasteiger partial charge in [0.15, 0.2) is 0 Å². The van der Waals surface area contributed by atoms with Crippen LogP contribution in [0.4, 0.5) is 5.82 Å². The molecule has 346 valence electrons. The Labute approximate surface area is 363 Å². The van der Waals surface area contributed by atoms with Gasteiger partial charge in [0.05, 0.1) is 0 Å². The number of hydrogen-bond donors (Lipinski definition) is 3. The number of carbonyl (C=O) groups excluding carboxylic acids is 2. The van der Waals surface area contributed by atoms with E-state index in [1.165, 1.54) is 135 Å². The number of anilines is 1. The molecule has 0 radical (unpaired) electrons. The van der Waals surface area contributed by atoms with Crippen molar-refractivity contribution in [2.45, 2.75) is 265 Å². The van der Waals surface area contributed by atoms with Gasteiger partial charge in [-0.15, -0.1) is 0 Å². The molecule has 0 saturated carbocycles. The number of aromatic amines is 2. The standard InChI is InChI=1S/C50H96N4O5/c1-5-9-12-15-20-27-35-45(8-4)58-49(56)38-30-23-18-25-32-41-54(43-34-40-51-47-44-48(55)53-52-47)42-33-26-19-24-31-39-50(57)59-46(36-28-21-16-13-10-6-2)37-29-22-17-14-11-7-3/h44-46H,5-43H2,1-4H3,(H3,51,52,53,55). The number of hydrogen-bond acceptors (Lipinski definition) is 7. The van der Waals surface area contributed by atoms with Gasteiger partial charge < -0.3 is 19.7 Å². The maximum Gasteiger partial charge on any atom is 0.306 e. The van der Waals surface area contributed by atoms with Gasteiger partial charge >= 0.3 is 11.9 Å². The normalized spacial score (nSPS) is 12.1. The van der Waals surface area contributed by atoms with E-state index in [9.17, 15) is 14.4 Å². The summed E-state index contributed by atoms with van der Waals surface area (Å²) in [6, 6.07) is 1.56. The highest BCUT2D eigenvalue weighted by Gasteiger charge is 2.15. The van der Waals surface area contributed by atoms with Gasteiger partial charge in [-0.3, -0.25) is 24.6 Å². The molecule has 1 aromatic heterocycles. The van der Waals surface area contributed by atoms with E-state index in [1.807, 2.05) is 0 Å². The van der Waals surface area contributed by atoms with Crippen molar-refractivity contribution in [2.24, 2.45) is 0 Å². The second-order valence-corrected chi connectivity index (χ2v) is 17.6. The summed E-state index contributed by atoms with van der Waals surface area (Å²) in [7, 11) is 0. The van der Waals surface area contributed by atoms with Crippen LogP contribution in [-0.2, 0) is 19.1 Å². The number of nitrogens with one attached hydrogen (secondary N) is 3. The van der Waals surface area contributed by atoms with Crippen LogP contribution >= 0.6 is 0 Å². The molecule has 0 saturated heterocycles. The van der Waals surface area contributed by atoms with Crippen molar-refractivity contribution in [2.75, 3.05) is 31.5 Å². The number of nitrogens with zero attached hydrogens (tertiary/aromatic N) is 1. The van der Waals surface area contributed by atoms with E-state index in [2.05, 4.69) is 48.1 Å². The average Bonchev–Trinajstić information content (AvgIpc) is 3.65. The van der Waals surface area contributed by atoms with E-state index >= 15 is 0 Å². The molecule has 59 heavy (non-hydrogen) atoms. The molecule has 1 heterocycles. The Bertz CT molecular complexity index is 1110. The van der Waals surface area contributed by atoms with E-state index in [0.29, 0.717) is 12.8 Å². The van der Waals surface area contributed by atoms with E-state index in [4.69, 9.17) is 9.47 Å². The van der Waals surface area contributed by atoms with Crippen LogP contribution in [0, 0.1) is 0 Å². The van der Waals surface area contributed by atoms with Crippen molar-refractivity contribution in [1.29, 1.82) is 0 Å². The molecule has 1 unspecified atom stereocenters. The zero-order valence-electron chi connectivity index (χ0n) is 39.3. The number of H-pyrrole nitrogens is 2. The summed E-state index contributed by atoms with van der Waals surface area (Å²) in [5.41, 5.74) is -0.118. The van der Waals surface area contributed by atoms with Crippen LogP contribution in [-0.4, -0.2) is 65.4 Å². The minimum atomic E-state index is -0.118. The highest BCUT2D eigenvalue weighted by Crippen LogP contribution is 2.19. The lowest BCUT2D eigenvalue weighted by atomic mass is 10.0. The van der Waals surface area contributed by atoms with Gasteiger partial charge in [-0.1, -0.05) is 163 Å². The van der Waals surface area contributed by atoms with Crippen LogP contribution in [0.2, 0.25) is 0 Å². The number of carbonyl (C=O) groups is 2. The molecular formula is C50H96N4O5. The fourth-order valence-corrected chi connectivity index (χ4v) is 8.11. The lowest BCUT2D eigenvalue weighted by Crippen LogP contribution is -2.28. The molecule has 9 heteroatoms. The zero-order chi connectivity index (χ0) is 42.9. The van der Waals surface area contributed by atoms with Gasteiger partial charge in [0.2, 0.25) is 0 Å². The fourth-order valence-electron chi connectivity index (χ4n) is 8.11. The highest BCUT2D eigenvalue weighted by molar-refractivity contribution is 5.69. The predicted molar refractivity (Wildman–Crippen MR) is 250 cm³/mol. The first kappa shape index (κ1) is 54.7. The molecule has 9 nitrogen and oxygen atoms in total. The summed E-state index contributed by atoms with van der Waals surface area (Å²) in [6.07, 6.45) is 40.2. The fraction of sp³-hybridized carbons (Fsp3) is 0.900. The van der Waals surface area contributed by atoms with E-state index in [1.54, 1.807) is 6.07 Å². The van der Waals surface area contributed by atoms with Crippen LogP contribution in [0.5, 0.6) is 0 Å². The third-order valence-corrected chi connectivity index (χ3v) is 12.0. The Morgan fingerprint density at radius 1 is 0.508 bits per heavy atom. The van der Waals surface area contributed by atoms with E-state index < -0.39 is 0 Å². The van der Waals surface area contributed by atoms with Crippen LogP contribution in [0.1, 0.15) is 252 Å². The molecule has 1 atom stereocenters. The molecule has 0 aromatic carbocycles. The Morgan fingerprint density at radius 2 is 0.898 bits per heavy atom. The van der Waals surface area contributed by atoms with E-state index in [-0.39, 0.29) is 29.7 Å². The smallest absolute Gasteiger partial charge is 0.306 e. The molecule has 0 fully saturated rings. The number of rotatable bonds is 45. The molecule has 0 aliphatic rings. The largest absolute Gasteiger partial charge is 0.462 e. The third-order valence-electron chi connectivity index (χ3n) is 12.0. The number of unbranched alkanes of at least 4 members (excludes halogenated alkanes) is 23. The lowest BCUT2D eigenvalue weighted by molar-refractivity contribution is -0.150. The number of aromatic nitrogens is 2. The Balaban J connectivity index is 2.34. The van der Waals surface area contributed by atoms with Crippen LogP contribution in [0.25, 0.3) is 0 Å². The minimum Gasteiger partial charge on any atom is -0.462 e. The van der Waals surface area contributed by atoms with Crippen LogP contribution in [0.3, 0.4) is 0 Å². The monoisotopic (exact) mass is 833 g/mol. The Kier molecular flexibility index (Phi) is 38.1. The van der Waals surface area contributed by atoms with Crippen molar-refractivity contribution < 1.29 is 19.1 Å². The summed E-state index contributed by atoms with van der Waals surface area (Å²) >= 11 is 0. The van der Waals surface area contributed by atoms with E-state index in [0.717, 1.165) is 109 Å². The van der Waals surface area contributed by atoms with Gasteiger partial charge in [-0.2, -0.15) is 0 Å². The van der Waals surface area contributed by atoms with Gasteiger partial charge in [0.1, 0.15) is 18.0 Å². The van der Waals surface area contributed by atoms with Gasteiger partial charge in [-0.05, 0) is 96.7 Å². The van der Waals surface area contributed by atoms with Crippen molar-refractivity contribution in [3.8, 4) is 0 Å². The van der Waals surface area contributed by atoms with Gasteiger partial charge in [-0.25, -0.2) is 0 Å². The number of esters is 2. The second kappa shape index (κ2) is 41.1. The quantitative estimate of drug-likeness (QED) is 0.0442. The topological polar surface area (TPSA) is 117 Å². The zero-order valence-corrected chi connectivity index (χ0v) is 39.3. The maximum atomic E-state index is 12.8. The highest BCUT2D eigenvalue weighted by atomic mass is 16.5. The van der Waals surface area contributed by atoms with Gasteiger partial charge in [0, 0.05) is 25.5 Å². The second-order valence-electron chi connectivity index (χ2n) is 17.6. The molecule has 0 aliphatic carbocycles. The molecular weight excluding hydrogens is 737 g/mol. The molecule has 0 amide bonds. The minimum absolute atomic E-state index is 0.0133. The molecule has 0 aliphatic heterocycles. The SMILES string of the molecule is CCCCCCCCC(CC)OC(=O)CCCCCCCN(CCCCCCCC(=O)OC(CCCCCCCC)CCCCCCCC)CCCNc1cc(=O)[nH][nH]1. The Morgan fingerprint density at radius 3 is 1.34 bits per heavy atom. The first-order valence-electron chi connectivity index (χ1n) is 25.5. The lowest BCUT2D eigenvalue weighted by Gasteiger charge is -2.22. The predicted octanol–water partition coefficient (Wildman–Crippen LogP) is 14.0. The molecule has 3 N–H and O–H groups in total. The Hall–Kier alpha value is -2.29. The molecule has 1 aromatic rings. The van der Waals surface area contributed by atoms with Crippen molar-refractivity contribution in [3.05, 3.63) is 16.4 Å². The maximum absolute atomic E-state index is 12.8. The van der Waals surface area contributed by atoms with Crippen LogP contribution < -0.4 is 10.9 Å². The summed E-state index contributed by atoms with van der Waals surface area (Å²) in [5, 5.41) is 8.77. The van der Waals surface area contributed by atoms with Crippen molar-refractivity contribution in [3.63, 3.8) is 0 Å². The summed E-state index contributed by atoms with van der Waals surface area (Å²) < 4.78 is 11.9. The molecule has 0 bridgehead atoms. The number of ether oxygens (including phenoxy) is 2. The van der Waals surface area contributed by atoms with Gasteiger partial charge in [0.25, 0.3) is 5.56 Å². The third kappa shape index (κ3) is 35.1. The molecule has 1 rings (SSSR count). The van der Waals surface area contributed by atoms with Crippen LogP contribution in [0.15, 0.2) is 10.9 Å².